The van der Waals surface area contributed by atoms with E-state index < -0.39 is 0 Å². The molecule has 3 atom stereocenters. The lowest BCUT2D eigenvalue weighted by Gasteiger charge is -2.39. The predicted octanol–water partition coefficient (Wildman–Crippen LogP) is 7.90. The zero-order chi connectivity index (χ0) is 28.9. The fourth-order valence-electron chi connectivity index (χ4n) is 6.27. The second-order valence-electron chi connectivity index (χ2n) is 11.7. The van der Waals surface area contributed by atoms with Crippen LogP contribution in [0.15, 0.2) is 60.7 Å². The molecule has 6 heteroatoms. The van der Waals surface area contributed by atoms with Crippen LogP contribution in [0, 0.1) is 11.7 Å². The van der Waals surface area contributed by atoms with Crippen molar-refractivity contribution in [3.05, 3.63) is 83.2 Å². The summed E-state index contributed by atoms with van der Waals surface area (Å²) in [5.41, 5.74) is 4.66. The summed E-state index contributed by atoms with van der Waals surface area (Å²) >= 11 is 0. The van der Waals surface area contributed by atoms with Crippen molar-refractivity contribution in [3.8, 4) is 22.6 Å². The number of carbonyl (C=O) groups is 1. The van der Waals surface area contributed by atoms with Gasteiger partial charge in [0, 0.05) is 24.2 Å². The van der Waals surface area contributed by atoms with E-state index in [2.05, 4.69) is 36.9 Å². The predicted molar refractivity (Wildman–Crippen MR) is 160 cm³/mol. The van der Waals surface area contributed by atoms with Crippen molar-refractivity contribution in [3.63, 3.8) is 0 Å². The largest absolute Gasteiger partial charge is 0.497 e. The Balaban J connectivity index is 1.40. The Morgan fingerprint density at radius 3 is 2.41 bits per heavy atom. The zero-order valence-corrected chi connectivity index (χ0v) is 24.7. The lowest BCUT2D eigenvalue weighted by Crippen LogP contribution is -2.43. The van der Waals surface area contributed by atoms with Crippen molar-refractivity contribution >= 4 is 5.97 Å². The lowest BCUT2D eigenvalue weighted by molar-refractivity contribution is -0.141. The maximum Gasteiger partial charge on any atom is 0.306 e. The smallest absolute Gasteiger partial charge is 0.306 e. The first kappa shape index (κ1) is 29.1. The average molecular weight is 560 g/mol. The van der Waals surface area contributed by atoms with E-state index in [1.54, 1.807) is 19.2 Å². The average Bonchev–Trinajstić information content (AvgIpc) is 3.83. The van der Waals surface area contributed by atoms with E-state index in [1.807, 2.05) is 24.3 Å². The van der Waals surface area contributed by atoms with Gasteiger partial charge in [0.05, 0.1) is 20.6 Å². The van der Waals surface area contributed by atoms with E-state index in [4.69, 9.17) is 14.2 Å². The van der Waals surface area contributed by atoms with Gasteiger partial charge in [-0.15, -0.1) is 0 Å². The summed E-state index contributed by atoms with van der Waals surface area (Å²) in [7, 11) is 3.05. The summed E-state index contributed by atoms with van der Waals surface area (Å²) in [4.78, 5) is 14.6. The number of piperidine rings is 1. The monoisotopic (exact) mass is 559 g/mol. The lowest BCUT2D eigenvalue weighted by atomic mass is 9.91. The minimum Gasteiger partial charge on any atom is -0.497 e. The molecule has 2 fully saturated rings. The number of carbonyl (C=O) groups excluding carboxylic acids is 1. The molecule has 41 heavy (non-hydrogen) atoms. The van der Waals surface area contributed by atoms with Crippen LogP contribution >= 0.6 is 0 Å². The second kappa shape index (κ2) is 13.1. The van der Waals surface area contributed by atoms with E-state index in [0.29, 0.717) is 42.3 Å². The molecule has 3 aromatic carbocycles. The van der Waals surface area contributed by atoms with Gasteiger partial charge >= 0.3 is 5.97 Å². The first-order valence-corrected chi connectivity index (χ1v) is 14.9. The zero-order valence-electron chi connectivity index (χ0n) is 24.7. The maximum absolute atomic E-state index is 15.1. The van der Waals surface area contributed by atoms with Gasteiger partial charge in [0.15, 0.2) is 0 Å². The standard InChI is InChI=1S/C35H42FNO4/c1-23-7-5-8-24(2)37(23)21-28-17-25(11-15-31(28)33-19-29(39-3)14-16-34(33)36)22-41-30-10-6-9-27(18-30)32(26-12-13-26)20-35(38)40-4/h6,9-11,14-19,23-24,26,32H,5,7-8,12-13,20-22H2,1-4H3/t23-,24-,32-/m0/s1. The Bertz CT molecular complexity index is 1340. The Kier molecular flexibility index (Phi) is 9.29. The molecule has 1 heterocycles. The van der Waals surface area contributed by atoms with Gasteiger partial charge in [-0.25, -0.2) is 4.39 Å². The SMILES string of the molecule is COC(=O)C[C@H](c1cccc(OCc2ccc(-c3cc(OC)ccc3F)c(CN3[C@@H](C)CCC[C@@H]3C)c2)c1)C1CC1. The molecular weight excluding hydrogens is 517 g/mol. The van der Waals surface area contributed by atoms with Crippen LogP contribution in [0.3, 0.4) is 0 Å². The van der Waals surface area contributed by atoms with E-state index in [0.717, 1.165) is 47.4 Å². The first-order chi connectivity index (χ1) is 19.9. The van der Waals surface area contributed by atoms with Gasteiger partial charge in [-0.2, -0.15) is 0 Å². The molecular formula is C35H42FNO4. The molecule has 1 aliphatic heterocycles. The molecule has 0 radical (unpaired) electrons. The summed E-state index contributed by atoms with van der Waals surface area (Å²) in [6.45, 7) is 5.72. The van der Waals surface area contributed by atoms with Crippen LogP contribution in [0.4, 0.5) is 4.39 Å². The van der Waals surface area contributed by atoms with Crippen LogP contribution in [-0.2, 0) is 22.7 Å². The number of hydrogen-bond acceptors (Lipinski definition) is 5. The highest BCUT2D eigenvalue weighted by Crippen LogP contribution is 2.45. The third-order valence-electron chi connectivity index (χ3n) is 8.86. The second-order valence-corrected chi connectivity index (χ2v) is 11.7. The van der Waals surface area contributed by atoms with Crippen molar-refractivity contribution in [2.45, 2.75) is 83.5 Å². The number of hydrogen-bond donors (Lipinski definition) is 0. The highest BCUT2D eigenvalue weighted by atomic mass is 19.1. The van der Waals surface area contributed by atoms with Crippen LogP contribution in [-0.4, -0.2) is 37.2 Å². The van der Waals surface area contributed by atoms with Gasteiger partial charge in [-0.05, 0) is 104 Å². The molecule has 0 unspecified atom stereocenters. The molecule has 0 amide bonds. The van der Waals surface area contributed by atoms with Gasteiger partial charge in [0.2, 0.25) is 0 Å². The molecule has 5 rings (SSSR count). The molecule has 3 aromatic rings. The van der Waals surface area contributed by atoms with Crippen molar-refractivity contribution < 1.29 is 23.4 Å². The minimum absolute atomic E-state index is 0.156. The van der Waals surface area contributed by atoms with Crippen LogP contribution < -0.4 is 9.47 Å². The number of rotatable bonds is 11. The molecule has 1 saturated heterocycles. The number of ether oxygens (including phenoxy) is 3. The number of benzene rings is 3. The first-order valence-electron chi connectivity index (χ1n) is 14.9. The van der Waals surface area contributed by atoms with Crippen molar-refractivity contribution in [2.75, 3.05) is 14.2 Å². The summed E-state index contributed by atoms with van der Waals surface area (Å²) in [5, 5.41) is 0. The summed E-state index contributed by atoms with van der Waals surface area (Å²) < 4.78 is 31.8. The molecule has 1 aliphatic carbocycles. The number of esters is 1. The molecule has 0 bridgehead atoms. The summed E-state index contributed by atoms with van der Waals surface area (Å²) in [6.07, 6.45) is 6.26. The van der Waals surface area contributed by atoms with E-state index in [9.17, 15) is 4.79 Å². The molecule has 0 N–H and O–H groups in total. The van der Waals surface area contributed by atoms with Gasteiger partial charge in [-0.3, -0.25) is 9.69 Å². The third kappa shape index (κ3) is 7.10. The van der Waals surface area contributed by atoms with E-state index in [-0.39, 0.29) is 17.7 Å². The van der Waals surface area contributed by atoms with Gasteiger partial charge < -0.3 is 14.2 Å². The Hall–Kier alpha value is -3.38. The number of halogens is 1. The Morgan fingerprint density at radius 1 is 0.927 bits per heavy atom. The fraction of sp³-hybridized carbons (Fsp3) is 0.457. The Morgan fingerprint density at radius 2 is 1.71 bits per heavy atom. The minimum atomic E-state index is -0.259. The third-order valence-corrected chi connectivity index (χ3v) is 8.86. The fourth-order valence-corrected chi connectivity index (χ4v) is 6.27. The quantitative estimate of drug-likeness (QED) is 0.224. The molecule has 0 aromatic heterocycles. The molecule has 0 spiro atoms. The van der Waals surface area contributed by atoms with E-state index in [1.165, 1.54) is 32.4 Å². The molecule has 1 saturated carbocycles. The van der Waals surface area contributed by atoms with Gasteiger partial charge in [0.1, 0.15) is 23.9 Å². The highest BCUT2D eigenvalue weighted by Gasteiger charge is 2.34. The Labute approximate surface area is 243 Å². The van der Waals surface area contributed by atoms with E-state index >= 15 is 4.39 Å². The van der Waals surface area contributed by atoms with Crippen molar-refractivity contribution in [1.82, 2.24) is 4.90 Å². The molecule has 2 aliphatic rings. The van der Waals surface area contributed by atoms with Crippen LogP contribution in [0.1, 0.15) is 75.0 Å². The van der Waals surface area contributed by atoms with Gasteiger partial charge in [-0.1, -0.05) is 36.8 Å². The van der Waals surface area contributed by atoms with Crippen LogP contribution in [0.2, 0.25) is 0 Å². The van der Waals surface area contributed by atoms with Crippen molar-refractivity contribution in [2.24, 2.45) is 5.92 Å². The summed E-state index contributed by atoms with van der Waals surface area (Å²) in [6, 6.07) is 20.1. The summed E-state index contributed by atoms with van der Waals surface area (Å²) in [5.74, 6) is 1.66. The van der Waals surface area contributed by atoms with Gasteiger partial charge in [0.25, 0.3) is 0 Å². The van der Waals surface area contributed by atoms with Crippen molar-refractivity contribution in [1.29, 1.82) is 0 Å². The number of likely N-dealkylation sites (tertiary alicyclic amines) is 1. The number of methoxy groups -OCH3 is 2. The molecule has 218 valence electrons. The highest BCUT2D eigenvalue weighted by molar-refractivity contribution is 5.71. The normalized spacial score (nSPS) is 19.9. The maximum atomic E-state index is 15.1. The number of nitrogens with zero attached hydrogens (tertiary/aromatic N) is 1. The molecule has 5 nitrogen and oxygen atoms in total. The van der Waals surface area contributed by atoms with Crippen LogP contribution in [0.5, 0.6) is 11.5 Å². The topological polar surface area (TPSA) is 48.0 Å². The van der Waals surface area contributed by atoms with Crippen LogP contribution in [0.25, 0.3) is 11.1 Å².